The third-order valence-corrected chi connectivity index (χ3v) is 5.10. The molecule has 0 aromatic heterocycles. The predicted octanol–water partition coefficient (Wildman–Crippen LogP) is 3.56. The van der Waals surface area contributed by atoms with Crippen LogP contribution in [-0.4, -0.2) is 5.25 Å². The number of nitrogens with one attached hydrogen (secondary N) is 1. The molecular formula is C15H15ClN2S. The van der Waals surface area contributed by atoms with Gasteiger partial charge in [0.15, 0.2) is 0 Å². The van der Waals surface area contributed by atoms with E-state index in [1.807, 2.05) is 36.0 Å². The summed E-state index contributed by atoms with van der Waals surface area (Å²) in [6.07, 6.45) is 1.04. The van der Waals surface area contributed by atoms with Gasteiger partial charge in [-0.2, -0.15) is 0 Å². The first kappa shape index (κ1) is 13.0. The lowest BCUT2D eigenvalue weighted by atomic mass is 9.99. The van der Waals surface area contributed by atoms with E-state index in [9.17, 15) is 0 Å². The van der Waals surface area contributed by atoms with Gasteiger partial charge in [0.1, 0.15) is 0 Å². The van der Waals surface area contributed by atoms with Crippen molar-refractivity contribution < 1.29 is 0 Å². The Hall–Kier alpha value is -1.00. The highest BCUT2D eigenvalue weighted by atomic mass is 35.5. The number of hydrogen-bond acceptors (Lipinski definition) is 3. The van der Waals surface area contributed by atoms with Gasteiger partial charge in [-0.05, 0) is 35.7 Å². The van der Waals surface area contributed by atoms with Crippen LogP contribution >= 0.6 is 23.4 Å². The Morgan fingerprint density at radius 3 is 2.58 bits per heavy atom. The molecule has 2 unspecified atom stereocenters. The lowest BCUT2D eigenvalue weighted by Crippen LogP contribution is -2.35. The van der Waals surface area contributed by atoms with Gasteiger partial charge in [0.2, 0.25) is 0 Å². The number of halogens is 1. The first-order valence-electron chi connectivity index (χ1n) is 6.24. The van der Waals surface area contributed by atoms with Crippen molar-refractivity contribution in [3.8, 4) is 0 Å². The van der Waals surface area contributed by atoms with Crippen molar-refractivity contribution in [1.82, 2.24) is 5.43 Å². The summed E-state index contributed by atoms with van der Waals surface area (Å²) in [5, 5.41) is 1.17. The first-order valence-corrected chi connectivity index (χ1v) is 7.50. The zero-order valence-electron chi connectivity index (χ0n) is 10.3. The molecule has 98 valence electrons. The Bertz CT molecular complexity index is 546. The van der Waals surface area contributed by atoms with Gasteiger partial charge in [0, 0.05) is 15.2 Å². The molecule has 0 saturated carbocycles. The standard InChI is InChI=1S/C15H15ClN2S/c16-12-7-5-10(6-8-12)15(18-17)14-9-11-3-1-2-4-13(11)19-14/h1-8,14-15,18H,9,17H2. The number of hydrogen-bond donors (Lipinski definition) is 2. The van der Waals surface area contributed by atoms with Crippen molar-refractivity contribution >= 4 is 23.4 Å². The molecule has 2 aromatic carbocycles. The third-order valence-electron chi connectivity index (χ3n) is 3.45. The Labute approximate surface area is 122 Å². The van der Waals surface area contributed by atoms with Crippen molar-refractivity contribution in [2.75, 3.05) is 0 Å². The molecule has 0 radical (unpaired) electrons. The van der Waals surface area contributed by atoms with Gasteiger partial charge in [-0.15, -0.1) is 11.8 Å². The van der Waals surface area contributed by atoms with E-state index in [4.69, 9.17) is 17.4 Å². The molecule has 0 bridgehead atoms. The molecule has 3 N–H and O–H groups in total. The van der Waals surface area contributed by atoms with Crippen LogP contribution in [0.15, 0.2) is 53.4 Å². The van der Waals surface area contributed by atoms with Gasteiger partial charge in [0.25, 0.3) is 0 Å². The molecule has 19 heavy (non-hydrogen) atoms. The van der Waals surface area contributed by atoms with Crippen LogP contribution in [0.25, 0.3) is 0 Å². The highest BCUT2D eigenvalue weighted by Gasteiger charge is 2.29. The molecule has 0 amide bonds. The summed E-state index contributed by atoms with van der Waals surface area (Å²) < 4.78 is 0. The Kier molecular flexibility index (Phi) is 3.80. The van der Waals surface area contributed by atoms with Crippen LogP contribution in [0.3, 0.4) is 0 Å². The Balaban J connectivity index is 1.83. The highest BCUT2D eigenvalue weighted by molar-refractivity contribution is 8.00. The SMILES string of the molecule is NNC(c1ccc(Cl)cc1)C1Cc2ccccc2S1. The number of benzene rings is 2. The smallest absolute Gasteiger partial charge is 0.0585 e. The molecule has 0 aliphatic carbocycles. The first-order chi connectivity index (χ1) is 9.28. The van der Waals surface area contributed by atoms with E-state index < -0.39 is 0 Å². The Morgan fingerprint density at radius 1 is 1.16 bits per heavy atom. The molecule has 4 heteroatoms. The maximum Gasteiger partial charge on any atom is 0.0585 e. The highest BCUT2D eigenvalue weighted by Crippen LogP contribution is 2.42. The lowest BCUT2D eigenvalue weighted by Gasteiger charge is -2.22. The number of nitrogens with two attached hydrogens (primary N) is 1. The number of fused-ring (bicyclic) bond motifs is 1. The quantitative estimate of drug-likeness (QED) is 0.670. The second-order valence-corrected chi connectivity index (χ2v) is 6.38. The third kappa shape index (κ3) is 2.65. The molecule has 2 atom stereocenters. The van der Waals surface area contributed by atoms with Crippen LogP contribution < -0.4 is 11.3 Å². The summed E-state index contributed by atoms with van der Waals surface area (Å²) in [4.78, 5) is 1.36. The predicted molar refractivity (Wildman–Crippen MR) is 81.3 cm³/mol. The second kappa shape index (κ2) is 5.55. The fourth-order valence-corrected chi connectivity index (χ4v) is 4.03. The molecule has 3 rings (SSSR count). The summed E-state index contributed by atoms with van der Waals surface area (Å²) >= 11 is 7.83. The fraction of sp³-hybridized carbons (Fsp3) is 0.200. The van der Waals surface area contributed by atoms with Crippen molar-refractivity contribution in [2.24, 2.45) is 5.84 Å². The van der Waals surface area contributed by atoms with E-state index in [-0.39, 0.29) is 6.04 Å². The minimum Gasteiger partial charge on any atom is -0.271 e. The maximum atomic E-state index is 5.94. The van der Waals surface area contributed by atoms with Gasteiger partial charge in [0.05, 0.1) is 6.04 Å². The molecule has 1 aliphatic heterocycles. The fourth-order valence-electron chi connectivity index (χ4n) is 2.48. The summed E-state index contributed by atoms with van der Waals surface area (Å²) in [5.74, 6) is 5.76. The molecule has 1 aliphatic rings. The van der Waals surface area contributed by atoms with Gasteiger partial charge in [-0.1, -0.05) is 41.9 Å². The summed E-state index contributed by atoms with van der Waals surface area (Å²) in [5.41, 5.74) is 5.54. The average molecular weight is 291 g/mol. The lowest BCUT2D eigenvalue weighted by molar-refractivity contribution is 0.533. The van der Waals surface area contributed by atoms with Gasteiger partial charge >= 0.3 is 0 Å². The zero-order chi connectivity index (χ0) is 13.2. The van der Waals surface area contributed by atoms with Gasteiger partial charge in [-0.3, -0.25) is 11.3 Å². The summed E-state index contributed by atoms with van der Waals surface area (Å²) in [6, 6.07) is 16.6. The molecule has 1 heterocycles. The van der Waals surface area contributed by atoms with Crippen molar-refractivity contribution in [1.29, 1.82) is 0 Å². The zero-order valence-corrected chi connectivity index (χ0v) is 11.9. The van der Waals surface area contributed by atoms with Crippen molar-refractivity contribution in [2.45, 2.75) is 22.6 Å². The summed E-state index contributed by atoms with van der Waals surface area (Å²) in [6.45, 7) is 0. The monoisotopic (exact) mass is 290 g/mol. The maximum absolute atomic E-state index is 5.94. The Morgan fingerprint density at radius 2 is 1.89 bits per heavy atom. The minimum absolute atomic E-state index is 0.134. The van der Waals surface area contributed by atoms with Crippen LogP contribution in [0.1, 0.15) is 17.2 Å². The molecule has 0 spiro atoms. The van der Waals surface area contributed by atoms with Crippen molar-refractivity contribution in [3.63, 3.8) is 0 Å². The molecule has 0 fully saturated rings. The molecular weight excluding hydrogens is 276 g/mol. The topological polar surface area (TPSA) is 38.0 Å². The minimum atomic E-state index is 0.134. The van der Waals surface area contributed by atoms with Crippen LogP contribution in [-0.2, 0) is 6.42 Å². The van der Waals surface area contributed by atoms with Crippen LogP contribution in [0.4, 0.5) is 0 Å². The average Bonchev–Trinajstić information content (AvgIpc) is 2.85. The van der Waals surface area contributed by atoms with Crippen LogP contribution in [0.2, 0.25) is 5.02 Å². The van der Waals surface area contributed by atoms with E-state index >= 15 is 0 Å². The number of rotatable bonds is 3. The van der Waals surface area contributed by atoms with Gasteiger partial charge < -0.3 is 0 Å². The molecule has 0 saturated heterocycles. The van der Waals surface area contributed by atoms with E-state index in [1.165, 1.54) is 16.0 Å². The van der Waals surface area contributed by atoms with E-state index in [0.29, 0.717) is 5.25 Å². The van der Waals surface area contributed by atoms with Crippen molar-refractivity contribution in [3.05, 3.63) is 64.7 Å². The number of hydrazine groups is 1. The molecule has 2 nitrogen and oxygen atoms in total. The largest absolute Gasteiger partial charge is 0.271 e. The molecule has 2 aromatic rings. The van der Waals surface area contributed by atoms with Gasteiger partial charge in [-0.25, -0.2) is 0 Å². The van der Waals surface area contributed by atoms with Crippen LogP contribution in [0.5, 0.6) is 0 Å². The summed E-state index contributed by atoms with van der Waals surface area (Å²) in [7, 11) is 0. The van der Waals surface area contributed by atoms with E-state index in [2.05, 4.69) is 29.7 Å². The number of thioether (sulfide) groups is 1. The normalized spacial score (nSPS) is 19.2. The van der Waals surface area contributed by atoms with Crippen LogP contribution in [0, 0.1) is 0 Å². The second-order valence-electron chi connectivity index (χ2n) is 4.66. The van der Waals surface area contributed by atoms with E-state index in [1.54, 1.807) is 0 Å². The van der Waals surface area contributed by atoms with E-state index in [0.717, 1.165) is 11.4 Å².